The molecule has 7 unspecified atom stereocenters. The summed E-state index contributed by atoms with van der Waals surface area (Å²) in [7, 11) is 4.22. The fourth-order valence-corrected chi connectivity index (χ4v) is 8.22. The van der Waals surface area contributed by atoms with Crippen LogP contribution in [0.2, 0.25) is 0 Å². The lowest BCUT2D eigenvalue weighted by Crippen LogP contribution is -2.45. The van der Waals surface area contributed by atoms with E-state index in [9.17, 15) is 4.79 Å². The average Bonchev–Trinajstić information content (AvgIpc) is 2.85. The van der Waals surface area contributed by atoms with Gasteiger partial charge in [0.25, 0.3) is 0 Å². The predicted molar refractivity (Wildman–Crippen MR) is 173 cm³/mol. The van der Waals surface area contributed by atoms with Gasteiger partial charge in [-0.1, -0.05) is 93.4 Å². The van der Waals surface area contributed by atoms with Gasteiger partial charge in [0, 0.05) is 6.42 Å². The summed E-state index contributed by atoms with van der Waals surface area (Å²) in [5.41, 5.74) is 0. The molecule has 0 amide bonds. The fourth-order valence-electron chi connectivity index (χ4n) is 8.22. The van der Waals surface area contributed by atoms with Crippen molar-refractivity contribution in [1.29, 1.82) is 0 Å². The zero-order valence-electron chi connectivity index (χ0n) is 28.6. The molecular formula is C37H71NO2. The Balaban J connectivity index is 2.10. The van der Waals surface area contributed by atoms with Gasteiger partial charge in [-0.25, -0.2) is 0 Å². The van der Waals surface area contributed by atoms with Crippen LogP contribution in [0.1, 0.15) is 151 Å². The minimum atomic E-state index is 0.0687. The van der Waals surface area contributed by atoms with E-state index in [-0.39, 0.29) is 12.1 Å². The summed E-state index contributed by atoms with van der Waals surface area (Å²) in [6.07, 6.45) is 20.1. The Hall–Kier alpha value is -0.570. The molecule has 236 valence electrons. The smallest absolute Gasteiger partial charge is 0.306 e. The lowest BCUT2D eigenvalue weighted by atomic mass is 9.56. The van der Waals surface area contributed by atoms with Gasteiger partial charge in [-0.2, -0.15) is 0 Å². The highest BCUT2D eigenvalue weighted by Crippen LogP contribution is 2.52. The van der Waals surface area contributed by atoms with Crippen molar-refractivity contribution in [2.75, 3.05) is 20.6 Å². The molecule has 3 nitrogen and oxygen atoms in total. The number of nitrogens with zero attached hydrogens (tertiary/aromatic N) is 1. The van der Waals surface area contributed by atoms with E-state index < -0.39 is 0 Å². The van der Waals surface area contributed by atoms with E-state index in [1.54, 1.807) is 0 Å². The maximum atomic E-state index is 13.0. The van der Waals surface area contributed by atoms with Crippen LogP contribution in [-0.2, 0) is 9.53 Å². The topological polar surface area (TPSA) is 29.5 Å². The molecule has 0 aromatic rings. The van der Waals surface area contributed by atoms with E-state index in [0.29, 0.717) is 12.3 Å². The number of esters is 1. The predicted octanol–water partition coefficient (Wildman–Crippen LogP) is 10.4. The van der Waals surface area contributed by atoms with Crippen molar-refractivity contribution in [1.82, 2.24) is 4.90 Å². The maximum Gasteiger partial charge on any atom is 0.306 e. The van der Waals surface area contributed by atoms with Gasteiger partial charge in [0.15, 0.2) is 0 Å². The molecule has 2 rings (SSSR count). The van der Waals surface area contributed by atoms with E-state index in [2.05, 4.69) is 67.5 Å². The third-order valence-corrected chi connectivity index (χ3v) is 10.4. The number of hydrogen-bond acceptors (Lipinski definition) is 3. The summed E-state index contributed by atoms with van der Waals surface area (Å²) in [6, 6.07) is 0. The summed E-state index contributed by atoms with van der Waals surface area (Å²) in [4.78, 5) is 15.2. The summed E-state index contributed by atoms with van der Waals surface area (Å²) in [5, 5.41) is 0. The van der Waals surface area contributed by atoms with Gasteiger partial charge in [0.1, 0.15) is 6.10 Å². The first-order valence-corrected chi connectivity index (χ1v) is 17.8. The molecule has 7 atom stereocenters. The highest BCUT2D eigenvalue weighted by Gasteiger charge is 2.46. The molecule has 0 spiro atoms. The Morgan fingerprint density at radius 3 is 2.10 bits per heavy atom. The molecule has 40 heavy (non-hydrogen) atoms. The molecule has 0 radical (unpaired) electrons. The third kappa shape index (κ3) is 13.6. The Bertz CT molecular complexity index is 671. The largest absolute Gasteiger partial charge is 0.462 e. The zero-order valence-corrected chi connectivity index (χ0v) is 28.6. The van der Waals surface area contributed by atoms with Crippen LogP contribution in [0.15, 0.2) is 0 Å². The van der Waals surface area contributed by atoms with Gasteiger partial charge >= 0.3 is 5.97 Å². The summed E-state index contributed by atoms with van der Waals surface area (Å²) >= 11 is 0. The number of carbonyl (C=O) groups is 1. The second kappa shape index (κ2) is 18.9. The second-order valence-electron chi connectivity index (χ2n) is 15.9. The van der Waals surface area contributed by atoms with Gasteiger partial charge in [-0.15, -0.1) is 0 Å². The molecule has 2 aliphatic carbocycles. The molecule has 0 N–H and O–H groups in total. The highest BCUT2D eigenvalue weighted by molar-refractivity contribution is 5.69. The summed E-state index contributed by atoms with van der Waals surface area (Å²) in [6.45, 7) is 17.8. The highest BCUT2D eigenvalue weighted by atomic mass is 16.5. The Morgan fingerprint density at radius 1 is 0.750 bits per heavy atom. The van der Waals surface area contributed by atoms with Crippen molar-refractivity contribution in [3.05, 3.63) is 0 Å². The van der Waals surface area contributed by atoms with E-state index >= 15 is 0 Å². The van der Waals surface area contributed by atoms with Crippen molar-refractivity contribution in [2.45, 2.75) is 157 Å². The van der Waals surface area contributed by atoms with Crippen LogP contribution < -0.4 is 0 Å². The van der Waals surface area contributed by atoms with E-state index in [1.807, 2.05) is 0 Å². The second-order valence-corrected chi connectivity index (χ2v) is 15.9. The van der Waals surface area contributed by atoms with Crippen LogP contribution in [0.3, 0.4) is 0 Å². The summed E-state index contributed by atoms with van der Waals surface area (Å²) in [5.74, 6) is 7.21. The van der Waals surface area contributed by atoms with E-state index in [0.717, 1.165) is 73.2 Å². The molecular weight excluding hydrogens is 490 g/mol. The van der Waals surface area contributed by atoms with Crippen LogP contribution in [0.5, 0.6) is 0 Å². The molecule has 0 saturated heterocycles. The Morgan fingerprint density at radius 2 is 1.45 bits per heavy atom. The molecule has 0 aromatic heterocycles. The van der Waals surface area contributed by atoms with Crippen LogP contribution >= 0.6 is 0 Å². The van der Waals surface area contributed by atoms with Gasteiger partial charge in [0.2, 0.25) is 0 Å². The number of unbranched alkanes of at least 4 members (excludes halogenated alkanes) is 1. The number of hydrogen-bond donors (Lipinski definition) is 0. The molecule has 0 heterocycles. The third-order valence-electron chi connectivity index (χ3n) is 10.4. The van der Waals surface area contributed by atoms with E-state index in [1.165, 1.54) is 77.0 Å². The van der Waals surface area contributed by atoms with Crippen molar-refractivity contribution >= 4 is 5.97 Å². The van der Waals surface area contributed by atoms with Crippen molar-refractivity contribution < 1.29 is 9.53 Å². The van der Waals surface area contributed by atoms with Gasteiger partial charge in [0.05, 0.1) is 0 Å². The maximum absolute atomic E-state index is 13.0. The van der Waals surface area contributed by atoms with Crippen LogP contribution in [-0.4, -0.2) is 37.6 Å². The SMILES string of the molecule is CC(C)CCCC(C)CCC1C(OC(=O)CCCCN(C)C)CCC2CC(CC(C)C)C(CCCC(C)C)CC21. The number of carbonyl (C=O) groups excluding carboxylic acids is 1. The van der Waals surface area contributed by atoms with Crippen molar-refractivity contribution in [2.24, 2.45) is 53.3 Å². The Labute approximate surface area is 251 Å². The monoisotopic (exact) mass is 562 g/mol. The van der Waals surface area contributed by atoms with Gasteiger partial charge < -0.3 is 9.64 Å². The molecule has 2 aliphatic rings. The van der Waals surface area contributed by atoms with Crippen LogP contribution in [0.25, 0.3) is 0 Å². The number of fused-ring (bicyclic) bond motifs is 1. The van der Waals surface area contributed by atoms with Crippen LogP contribution in [0.4, 0.5) is 0 Å². The Kier molecular flexibility index (Phi) is 16.8. The molecule has 0 aliphatic heterocycles. The van der Waals surface area contributed by atoms with Crippen molar-refractivity contribution in [3.8, 4) is 0 Å². The minimum Gasteiger partial charge on any atom is -0.462 e. The van der Waals surface area contributed by atoms with Crippen molar-refractivity contribution in [3.63, 3.8) is 0 Å². The first-order valence-electron chi connectivity index (χ1n) is 17.8. The van der Waals surface area contributed by atoms with Gasteiger partial charge in [-0.05, 0) is 125 Å². The number of ether oxygens (including phenoxy) is 1. The number of rotatable bonds is 19. The zero-order chi connectivity index (χ0) is 29.7. The quantitative estimate of drug-likeness (QED) is 0.116. The standard InChI is InChI=1S/C37H71NO2/c1-27(2)14-12-16-30(7)19-21-34-35-26-31(17-13-15-28(3)4)33(24-29(5)6)25-32(35)20-22-36(34)40-37(39)18-10-11-23-38(8)9/h27-36H,10-26H2,1-9H3. The first-order chi connectivity index (χ1) is 19.0. The average molecular weight is 562 g/mol. The molecule has 0 bridgehead atoms. The van der Waals surface area contributed by atoms with Crippen LogP contribution in [0, 0.1) is 53.3 Å². The minimum absolute atomic E-state index is 0.0687. The van der Waals surface area contributed by atoms with Gasteiger partial charge in [-0.3, -0.25) is 4.79 Å². The van der Waals surface area contributed by atoms with E-state index in [4.69, 9.17) is 4.74 Å². The first kappa shape index (κ1) is 35.6. The lowest BCUT2D eigenvalue weighted by molar-refractivity contribution is -0.159. The summed E-state index contributed by atoms with van der Waals surface area (Å²) < 4.78 is 6.39. The lowest BCUT2D eigenvalue weighted by Gasteiger charge is -2.50. The molecule has 0 aromatic carbocycles. The fraction of sp³-hybridized carbons (Fsp3) is 0.973. The normalized spacial score (nSPS) is 27.9. The molecule has 2 saturated carbocycles. The molecule has 3 heteroatoms. The molecule has 2 fully saturated rings.